The van der Waals surface area contributed by atoms with Crippen LogP contribution in [0.15, 0.2) is 0 Å². The second kappa shape index (κ2) is 10.6. The molecule has 0 saturated heterocycles. The number of alkyl halides is 7. The van der Waals surface area contributed by atoms with Crippen molar-refractivity contribution in [3.63, 3.8) is 0 Å². The third-order valence-electron chi connectivity index (χ3n) is 3.30. The van der Waals surface area contributed by atoms with E-state index in [2.05, 4.69) is 17.4 Å². The summed E-state index contributed by atoms with van der Waals surface area (Å²) in [6.45, 7) is -2.20. The summed E-state index contributed by atoms with van der Waals surface area (Å²) < 4.78 is 90.7. The minimum absolute atomic E-state index is 0.261. The predicted octanol–water partition coefficient (Wildman–Crippen LogP) is 5.89. The van der Waals surface area contributed by atoms with E-state index in [0.717, 1.165) is 44.3 Å². The first-order chi connectivity index (χ1) is 10.6. The van der Waals surface area contributed by atoms with Gasteiger partial charge in [-0.15, -0.1) is 0 Å². The van der Waals surface area contributed by atoms with Gasteiger partial charge in [-0.3, -0.25) is 0 Å². The molecule has 140 valence electrons. The number of thiol groups is 1. The average molecular weight is 372 g/mol. The molecule has 0 spiro atoms. The molecule has 0 aromatic carbocycles. The Morgan fingerprint density at radius 3 is 1.52 bits per heavy atom. The third-order valence-corrected chi connectivity index (χ3v) is 3.61. The van der Waals surface area contributed by atoms with Crippen molar-refractivity contribution >= 4 is 12.6 Å². The summed E-state index contributed by atoms with van der Waals surface area (Å²) in [4.78, 5) is 0. The molecule has 1 nitrogen and oxygen atoms in total. The smallest absolute Gasteiger partial charge is 0.375 e. The van der Waals surface area contributed by atoms with Crippen LogP contribution in [0.3, 0.4) is 0 Å². The summed E-state index contributed by atoms with van der Waals surface area (Å²) in [5, 5.41) is 0. The maximum atomic E-state index is 12.9. The number of ether oxygens (including phenoxy) is 1. The maximum absolute atomic E-state index is 12.9. The van der Waals surface area contributed by atoms with Crippen LogP contribution in [0.1, 0.15) is 51.4 Å². The number of hydrogen-bond acceptors (Lipinski definition) is 2. The highest BCUT2D eigenvalue weighted by Gasteiger charge is 2.72. The quantitative estimate of drug-likeness (QED) is 0.241. The van der Waals surface area contributed by atoms with Gasteiger partial charge in [0.05, 0.1) is 0 Å². The first-order valence-corrected chi connectivity index (χ1v) is 8.20. The van der Waals surface area contributed by atoms with Crippen LogP contribution >= 0.6 is 12.6 Å². The van der Waals surface area contributed by atoms with Gasteiger partial charge in [-0.2, -0.15) is 43.4 Å². The van der Waals surface area contributed by atoms with Crippen molar-refractivity contribution in [2.75, 3.05) is 19.0 Å². The standard InChI is InChI=1S/C14H23F7OS/c15-12(16,13(17,18)14(19,20)21)11-22-9-7-5-3-1-2-4-6-8-10-23/h23H,1-11H2. The van der Waals surface area contributed by atoms with Crippen molar-refractivity contribution in [1.29, 1.82) is 0 Å². The molecule has 0 N–H and O–H groups in total. The fraction of sp³-hybridized carbons (Fsp3) is 1.00. The van der Waals surface area contributed by atoms with Gasteiger partial charge in [-0.1, -0.05) is 38.5 Å². The Kier molecular flexibility index (Phi) is 10.6. The topological polar surface area (TPSA) is 9.23 Å². The van der Waals surface area contributed by atoms with Gasteiger partial charge in [0.1, 0.15) is 6.61 Å². The molecule has 0 radical (unpaired) electrons. The van der Waals surface area contributed by atoms with E-state index in [0.29, 0.717) is 12.8 Å². The summed E-state index contributed by atoms with van der Waals surface area (Å²) in [5.41, 5.74) is 0. The van der Waals surface area contributed by atoms with Crippen molar-refractivity contribution in [3.05, 3.63) is 0 Å². The van der Waals surface area contributed by atoms with E-state index in [1.54, 1.807) is 0 Å². The van der Waals surface area contributed by atoms with Crippen LogP contribution in [0.5, 0.6) is 0 Å². The zero-order valence-electron chi connectivity index (χ0n) is 12.8. The fourth-order valence-electron chi connectivity index (χ4n) is 1.87. The first kappa shape index (κ1) is 22.8. The summed E-state index contributed by atoms with van der Waals surface area (Å²) in [7, 11) is 0. The second-order valence-electron chi connectivity index (χ2n) is 5.38. The van der Waals surface area contributed by atoms with E-state index in [9.17, 15) is 30.7 Å². The minimum atomic E-state index is -6.30. The van der Waals surface area contributed by atoms with Crippen molar-refractivity contribution in [2.45, 2.75) is 69.4 Å². The summed E-state index contributed by atoms with van der Waals surface area (Å²) in [5.74, 6) is -10.5. The SMILES string of the molecule is FC(F)(F)C(F)(F)C(F)(F)COCCCCCCCCCCS. The van der Waals surface area contributed by atoms with E-state index < -0.39 is 24.6 Å². The molecule has 23 heavy (non-hydrogen) atoms. The van der Waals surface area contributed by atoms with Crippen LogP contribution in [0, 0.1) is 0 Å². The molecule has 0 aromatic heterocycles. The van der Waals surface area contributed by atoms with E-state index in [1.807, 2.05) is 0 Å². The number of halogens is 7. The minimum Gasteiger partial charge on any atom is -0.375 e. The molecule has 0 amide bonds. The van der Waals surface area contributed by atoms with Crippen LogP contribution < -0.4 is 0 Å². The van der Waals surface area contributed by atoms with Gasteiger partial charge >= 0.3 is 18.0 Å². The zero-order valence-corrected chi connectivity index (χ0v) is 13.7. The molecule has 0 fully saturated rings. The number of unbranched alkanes of at least 4 members (excludes halogenated alkanes) is 7. The van der Waals surface area contributed by atoms with Crippen LogP contribution in [0.4, 0.5) is 30.7 Å². The average Bonchev–Trinajstić information content (AvgIpc) is 2.43. The van der Waals surface area contributed by atoms with Gasteiger partial charge < -0.3 is 4.74 Å². The highest BCUT2D eigenvalue weighted by Crippen LogP contribution is 2.46. The van der Waals surface area contributed by atoms with Crippen molar-refractivity contribution in [3.8, 4) is 0 Å². The van der Waals surface area contributed by atoms with Gasteiger partial charge in [0.15, 0.2) is 0 Å². The second-order valence-corrected chi connectivity index (χ2v) is 5.83. The van der Waals surface area contributed by atoms with Crippen molar-refractivity contribution < 1.29 is 35.5 Å². The summed E-state index contributed by atoms with van der Waals surface area (Å²) >= 11 is 4.09. The van der Waals surface area contributed by atoms with Crippen LogP contribution in [0.25, 0.3) is 0 Å². The molecule has 0 aliphatic heterocycles. The van der Waals surface area contributed by atoms with Gasteiger partial charge in [0.25, 0.3) is 0 Å². The molecule has 9 heteroatoms. The largest absolute Gasteiger partial charge is 0.459 e. The Morgan fingerprint density at radius 2 is 1.09 bits per heavy atom. The molecular weight excluding hydrogens is 349 g/mol. The van der Waals surface area contributed by atoms with Crippen molar-refractivity contribution in [1.82, 2.24) is 0 Å². The molecule has 0 unspecified atom stereocenters. The normalized spacial score (nSPS) is 13.6. The molecule has 0 heterocycles. The first-order valence-electron chi connectivity index (χ1n) is 7.57. The molecule has 0 aromatic rings. The van der Waals surface area contributed by atoms with Crippen molar-refractivity contribution in [2.24, 2.45) is 0 Å². The molecule has 0 saturated carbocycles. The molecule has 0 bridgehead atoms. The van der Waals surface area contributed by atoms with Gasteiger partial charge in [0, 0.05) is 6.61 Å². The van der Waals surface area contributed by atoms with Crippen LogP contribution in [-0.4, -0.2) is 37.0 Å². The molecular formula is C14H23F7OS. The Hall–Kier alpha value is -0.180. The van der Waals surface area contributed by atoms with Gasteiger partial charge in [-0.25, -0.2) is 0 Å². The fourth-order valence-corrected chi connectivity index (χ4v) is 2.10. The Bertz CT molecular complexity index is 308. The molecule has 0 aliphatic rings. The van der Waals surface area contributed by atoms with Gasteiger partial charge in [0.2, 0.25) is 0 Å². The monoisotopic (exact) mass is 372 g/mol. The Balaban J connectivity index is 3.72. The maximum Gasteiger partial charge on any atom is 0.459 e. The van der Waals surface area contributed by atoms with E-state index in [1.165, 1.54) is 0 Å². The van der Waals surface area contributed by atoms with Crippen LogP contribution in [0.2, 0.25) is 0 Å². The highest BCUT2D eigenvalue weighted by molar-refractivity contribution is 7.80. The molecule has 0 atom stereocenters. The summed E-state index contributed by atoms with van der Waals surface area (Å²) in [6.07, 6.45) is 0.836. The Morgan fingerprint density at radius 1 is 0.652 bits per heavy atom. The van der Waals surface area contributed by atoms with E-state index in [-0.39, 0.29) is 6.61 Å². The Labute approximate surface area is 137 Å². The predicted molar refractivity (Wildman–Crippen MR) is 77.6 cm³/mol. The summed E-state index contributed by atoms with van der Waals surface area (Å²) in [6, 6.07) is 0. The lowest BCUT2D eigenvalue weighted by molar-refractivity contribution is -0.361. The lowest BCUT2D eigenvalue weighted by atomic mass is 10.1. The highest BCUT2D eigenvalue weighted by atomic mass is 32.1. The third kappa shape index (κ3) is 8.47. The number of rotatable bonds is 13. The van der Waals surface area contributed by atoms with E-state index >= 15 is 0 Å². The molecule has 0 aliphatic carbocycles. The zero-order chi connectivity index (χ0) is 18.0. The lowest BCUT2D eigenvalue weighted by Gasteiger charge is -2.27. The molecule has 0 rings (SSSR count). The van der Waals surface area contributed by atoms with Crippen LogP contribution in [-0.2, 0) is 4.74 Å². The van der Waals surface area contributed by atoms with Gasteiger partial charge in [-0.05, 0) is 18.6 Å². The number of hydrogen-bond donors (Lipinski definition) is 1. The van der Waals surface area contributed by atoms with E-state index in [4.69, 9.17) is 0 Å². The lowest BCUT2D eigenvalue weighted by Crippen LogP contribution is -2.54.